The van der Waals surface area contributed by atoms with Crippen LogP contribution in [0.1, 0.15) is 5.56 Å². The van der Waals surface area contributed by atoms with Crippen LogP contribution in [0.5, 0.6) is 0 Å². The number of nitrogens with zero attached hydrogens (tertiary/aromatic N) is 5. The van der Waals surface area contributed by atoms with Crippen molar-refractivity contribution in [2.24, 2.45) is 0 Å². The minimum Gasteiger partial charge on any atom is -0.313 e. The normalized spacial score (nSPS) is 10.9. The number of nitrogens with one attached hydrogen (secondary N) is 1. The van der Waals surface area contributed by atoms with E-state index in [4.69, 9.17) is 0 Å². The van der Waals surface area contributed by atoms with E-state index in [-0.39, 0.29) is 5.56 Å². The highest BCUT2D eigenvalue weighted by Crippen LogP contribution is 2.19. The Morgan fingerprint density at radius 2 is 2.24 bits per heavy atom. The van der Waals surface area contributed by atoms with Crippen molar-refractivity contribution in [3.63, 3.8) is 0 Å². The first-order valence-corrected chi connectivity index (χ1v) is 4.98. The summed E-state index contributed by atoms with van der Waals surface area (Å²) in [6, 6.07) is 3.51. The molecule has 0 atom stereocenters. The number of hydrogen-bond acceptors (Lipinski definition) is 5. The Morgan fingerprint density at radius 1 is 1.35 bits per heavy atom. The van der Waals surface area contributed by atoms with Crippen molar-refractivity contribution in [1.29, 1.82) is 0 Å². The van der Waals surface area contributed by atoms with E-state index in [0.29, 0.717) is 10.9 Å². The maximum absolute atomic E-state index is 11.6. The summed E-state index contributed by atoms with van der Waals surface area (Å²) in [4.78, 5) is 18.3. The summed E-state index contributed by atoms with van der Waals surface area (Å²) in [7, 11) is 0. The molecule has 7 heteroatoms. The van der Waals surface area contributed by atoms with Gasteiger partial charge in [0, 0.05) is 5.56 Å². The van der Waals surface area contributed by atoms with E-state index in [0.717, 1.165) is 11.3 Å². The lowest BCUT2D eigenvalue weighted by atomic mass is 10.1. The Labute approximate surface area is 95.1 Å². The maximum atomic E-state index is 11.6. The van der Waals surface area contributed by atoms with Gasteiger partial charge in [0.15, 0.2) is 0 Å². The zero-order valence-corrected chi connectivity index (χ0v) is 8.95. The molecular formula is C10H8N6O. The Balaban J connectivity index is 2.38. The molecule has 0 bridgehead atoms. The number of aromatic amines is 1. The van der Waals surface area contributed by atoms with Crippen molar-refractivity contribution in [2.45, 2.75) is 6.92 Å². The smallest absolute Gasteiger partial charge is 0.258 e. The van der Waals surface area contributed by atoms with E-state index in [1.807, 2.05) is 6.92 Å². The Morgan fingerprint density at radius 3 is 3.00 bits per heavy atom. The molecule has 17 heavy (non-hydrogen) atoms. The van der Waals surface area contributed by atoms with E-state index >= 15 is 0 Å². The van der Waals surface area contributed by atoms with Gasteiger partial charge in [-0.15, -0.1) is 5.10 Å². The molecule has 0 saturated heterocycles. The Bertz CT molecular complexity index is 730. The number of aromatic nitrogens is 6. The monoisotopic (exact) mass is 228 g/mol. The number of H-pyrrole nitrogens is 1. The van der Waals surface area contributed by atoms with Crippen molar-refractivity contribution in [3.8, 4) is 5.69 Å². The van der Waals surface area contributed by atoms with Gasteiger partial charge in [-0.1, -0.05) is 0 Å². The fraction of sp³-hybridized carbons (Fsp3) is 0.100. The molecule has 0 spiro atoms. The quantitative estimate of drug-likeness (QED) is 0.643. The maximum Gasteiger partial charge on any atom is 0.258 e. The molecule has 7 nitrogen and oxygen atoms in total. The van der Waals surface area contributed by atoms with Crippen LogP contribution in [0.15, 0.2) is 29.6 Å². The number of aryl methyl sites for hydroxylation is 1. The minimum absolute atomic E-state index is 0.152. The fourth-order valence-electron chi connectivity index (χ4n) is 1.79. The van der Waals surface area contributed by atoms with Crippen LogP contribution < -0.4 is 5.56 Å². The molecule has 0 saturated carbocycles. The molecule has 1 N–H and O–H groups in total. The van der Waals surface area contributed by atoms with Gasteiger partial charge in [-0.3, -0.25) is 4.79 Å². The van der Waals surface area contributed by atoms with Gasteiger partial charge in [-0.2, -0.15) is 0 Å². The summed E-state index contributed by atoms with van der Waals surface area (Å²) in [5.41, 5.74) is 2.17. The van der Waals surface area contributed by atoms with Gasteiger partial charge in [0.05, 0.1) is 22.9 Å². The molecule has 2 heterocycles. The van der Waals surface area contributed by atoms with Gasteiger partial charge in [0.1, 0.15) is 6.33 Å². The second-order valence-electron chi connectivity index (χ2n) is 3.59. The highest BCUT2D eigenvalue weighted by molar-refractivity contribution is 5.83. The summed E-state index contributed by atoms with van der Waals surface area (Å²) in [6.07, 6.45) is 2.89. The summed E-state index contributed by atoms with van der Waals surface area (Å²) < 4.78 is 1.54. The second-order valence-corrected chi connectivity index (χ2v) is 3.59. The third-order valence-electron chi connectivity index (χ3n) is 2.63. The minimum atomic E-state index is -0.152. The zero-order valence-electron chi connectivity index (χ0n) is 8.95. The van der Waals surface area contributed by atoms with Gasteiger partial charge in [0.2, 0.25) is 0 Å². The molecule has 0 unspecified atom stereocenters. The zero-order chi connectivity index (χ0) is 11.8. The van der Waals surface area contributed by atoms with E-state index < -0.39 is 0 Å². The molecule has 2 aromatic heterocycles. The predicted molar refractivity (Wildman–Crippen MR) is 59.8 cm³/mol. The molecule has 0 fully saturated rings. The molecule has 1 aromatic carbocycles. The molecule has 0 aliphatic heterocycles. The van der Waals surface area contributed by atoms with Crippen molar-refractivity contribution < 1.29 is 0 Å². The number of rotatable bonds is 1. The van der Waals surface area contributed by atoms with E-state index in [1.54, 1.807) is 12.1 Å². The predicted octanol–water partition coefficient (Wildman–Crippen LogP) is 0.207. The first kappa shape index (κ1) is 9.64. The van der Waals surface area contributed by atoms with Crippen LogP contribution in [0.25, 0.3) is 16.6 Å². The van der Waals surface area contributed by atoms with Crippen LogP contribution >= 0.6 is 0 Å². The topological polar surface area (TPSA) is 89.4 Å². The van der Waals surface area contributed by atoms with Gasteiger partial charge in [0.25, 0.3) is 5.56 Å². The summed E-state index contributed by atoms with van der Waals surface area (Å²) in [6.45, 7) is 1.88. The van der Waals surface area contributed by atoms with Gasteiger partial charge in [-0.05, 0) is 29.5 Å². The molecule has 0 amide bonds. The van der Waals surface area contributed by atoms with Crippen LogP contribution in [0.3, 0.4) is 0 Å². The average Bonchev–Trinajstić information content (AvgIpc) is 2.84. The third kappa shape index (κ3) is 1.40. The molecular weight excluding hydrogens is 220 g/mol. The van der Waals surface area contributed by atoms with E-state index in [9.17, 15) is 4.79 Å². The van der Waals surface area contributed by atoms with Crippen molar-refractivity contribution in [1.82, 2.24) is 30.2 Å². The summed E-state index contributed by atoms with van der Waals surface area (Å²) in [5, 5.41) is 11.5. The van der Waals surface area contributed by atoms with Gasteiger partial charge >= 0.3 is 0 Å². The Kier molecular flexibility index (Phi) is 1.97. The van der Waals surface area contributed by atoms with Crippen LogP contribution in [-0.4, -0.2) is 30.2 Å². The summed E-state index contributed by atoms with van der Waals surface area (Å²) >= 11 is 0. The number of fused-ring (bicyclic) bond motifs is 1. The molecule has 84 valence electrons. The van der Waals surface area contributed by atoms with Gasteiger partial charge in [-0.25, -0.2) is 9.67 Å². The Hall–Kier alpha value is -2.57. The highest BCUT2D eigenvalue weighted by Gasteiger charge is 2.09. The number of tetrazole rings is 1. The lowest BCUT2D eigenvalue weighted by molar-refractivity contribution is 0.786. The number of benzene rings is 1. The van der Waals surface area contributed by atoms with Crippen molar-refractivity contribution in [3.05, 3.63) is 40.7 Å². The molecule has 3 rings (SSSR count). The van der Waals surface area contributed by atoms with Crippen LogP contribution in [0, 0.1) is 6.92 Å². The SMILES string of the molecule is Cc1c(-n2cnnn2)ccc2c(=O)[nH]cnc12. The van der Waals surface area contributed by atoms with E-state index in [1.165, 1.54) is 17.3 Å². The van der Waals surface area contributed by atoms with Crippen molar-refractivity contribution in [2.75, 3.05) is 0 Å². The standard InChI is InChI=1S/C10H8N6O/c1-6-8(16-5-13-14-15-16)3-2-7-9(6)11-4-12-10(7)17/h2-5H,1H3,(H,11,12,17). The van der Waals surface area contributed by atoms with Gasteiger partial charge < -0.3 is 4.98 Å². The van der Waals surface area contributed by atoms with E-state index in [2.05, 4.69) is 25.5 Å². The van der Waals surface area contributed by atoms with Crippen LogP contribution in [0.4, 0.5) is 0 Å². The second kappa shape index (κ2) is 3.48. The molecule has 0 aliphatic carbocycles. The molecule has 0 radical (unpaired) electrons. The van der Waals surface area contributed by atoms with Crippen molar-refractivity contribution >= 4 is 10.9 Å². The first-order chi connectivity index (χ1) is 8.27. The van der Waals surface area contributed by atoms with Crippen LogP contribution in [0.2, 0.25) is 0 Å². The van der Waals surface area contributed by atoms with Crippen LogP contribution in [-0.2, 0) is 0 Å². The fourth-order valence-corrected chi connectivity index (χ4v) is 1.79. The lowest BCUT2D eigenvalue weighted by Crippen LogP contribution is -2.08. The number of hydrogen-bond donors (Lipinski definition) is 1. The molecule has 0 aliphatic rings. The third-order valence-corrected chi connectivity index (χ3v) is 2.63. The molecule has 3 aromatic rings. The lowest BCUT2D eigenvalue weighted by Gasteiger charge is -2.06. The average molecular weight is 228 g/mol. The highest BCUT2D eigenvalue weighted by atomic mass is 16.1. The summed E-state index contributed by atoms with van der Waals surface area (Å²) in [5.74, 6) is 0. The first-order valence-electron chi connectivity index (χ1n) is 4.98. The largest absolute Gasteiger partial charge is 0.313 e.